The number of carboxylic acid groups (broad SMARTS) is 1. The number of aryl methyl sites for hydroxylation is 1. The van der Waals surface area contributed by atoms with E-state index >= 15 is 0 Å². The highest BCUT2D eigenvalue weighted by molar-refractivity contribution is 9.10. The molecule has 0 atom stereocenters. The van der Waals surface area contributed by atoms with Gasteiger partial charge in [-0.05, 0) is 23.4 Å². The van der Waals surface area contributed by atoms with Crippen LogP contribution in [0, 0.1) is 0 Å². The fraction of sp³-hybridized carbons (Fsp3) is 0.100. The monoisotopic (exact) mass is 340 g/mol. The van der Waals surface area contributed by atoms with Gasteiger partial charge in [0.05, 0.1) is 18.3 Å². The van der Waals surface area contributed by atoms with Crippen LogP contribution < -0.4 is 10.6 Å². The Kier molecular flexibility index (Phi) is 3.94. The molecule has 0 bridgehead atoms. The number of carbonyl (C=O) groups excluding carboxylic acids is 1. The predicted molar refractivity (Wildman–Crippen MR) is 72.5 cm³/mol. The van der Waals surface area contributed by atoms with Crippen molar-refractivity contribution in [1.82, 2.24) is 20.2 Å². The molecule has 1 heterocycles. The average Bonchev–Trinajstić information content (AvgIpc) is 2.74. The van der Waals surface area contributed by atoms with Crippen molar-refractivity contribution in [3.63, 3.8) is 0 Å². The van der Waals surface area contributed by atoms with Crippen LogP contribution in [0.2, 0.25) is 0 Å². The molecule has 20 heavy (non-hydrogen) atoms. The average molecular weight is 341 g/mol. The van der Waals surface area contributed by atoms with E-state index in [0.717, 1.165) is 0 Å². The molecule has 0 aliphatic rings. The SMILES string of the molecule is Cn1nnc(NC(=O)Nc2cc(Br)ccc2C(=O)O)n1. The van der Waals surface area contributed by atoms with E-state index in [-0.39, 0.29) is 17.2 Å². The summed E-state index contributed by atoms with van der Waals surface area (Å²) in [5, 5.41) is 24.7. The molecule has 1 aromatic heterocycles. The molecule has 0 saturated heterocycles. The highest BCUT2D eigenvalue weighted by atomic mass is 79.9. The van der Waals surface area contributed by atoms with E-state index in [1.54, 1.807) is 13.1 Å². The number of aromatic nitrogens is 4. The lowest BCUT2D eigenvalue weighted by molar-refractivity contribution is 0.0698. The second-order valence-electron chi connectivity index (χ2n) is 3.68. The number of hydrogen-bond donors (Lipinski definition) is 3. The summed E-state index contributed by atoms with van der Waals surface area (Å²) in [6, 6.07) is 3.76. The minimum Gasteiger partial charge on any atom is -0.478 e. The van der Waals surface area contributed by atoms with Gasteiger partial charge in [-0.25, -0.2) is 9.59 Å². The Morgan fingerprint density at radius 2 is 2.10 bits per heavy atom. The Hall–Kier alpha value is -2.49. The minimum absolute atomic E-state index is 0.0110. The van der Waals surface area contributed by atoms with Crippen LogP contribution in [0.15, 0.2) is 22.7 Å². The normalized spacial score (nSPS) is 10.1. The fourth-order valence-electron chi connectivity index (χ4n) is 1.40. The van der Waals surface area contributed by atoms with Crippen molar-refractivity contribution < 1.29 is 14.7 Å². The van der Waals surface area contributed by atoms with Crippen LogP contribution in [0.25, 0.3) is 0 Å². The first-order valence-corrected chi connectivity index (χ1v) is 6.10. The molecule has 0 aliphatic heterocycles. The van der Waals surface area contributed by atoms with Crippen LogP contribution >= 0.6 is 15.9 Å². The van der Waals surface area contributed by atoms with E-state index in [9.17, 15) is 9.59 Å². The first-order chi connectivity index (χ1) is 9.45. The number of amides is 2. The second kappa shape index (κ2) is 5.65. The summed E-state index contributed by atoms with van der Waals surface area (Å²) in [7, 11) is 1.55. The lowest BCUT2D eigenvalue weighted by Gasteiger charge is -2.08. The van der Waals surface area contributed by atoms with E-state index in [4.69, 9.17) is 5.11 Å². The van der Waals surface area contributed by atoms with E-state index in [0.29, 0.717) is 4.47 Å². The molecule has 0 saturated carbocycles. The third kappa shape index (κ3) is 3.29. The zero-order valence-electron chi connectivity index (χ0n) is 10.2. The van der Waals surface area contributed by atoms with Gasteiger partial charge in [0, 0.05) is 4.47 Å². The van der Waals surface area contributed by atoms with Crippen molar-refractivity contribution in [3.05, 3.63) is 28.2 Å². The summed E-state index contributed by atoms with van der Waals surface area (Å²) >= 11 is 3.20. The van der Waals surface area contributed by atoms with Crippen LogP contribution in [0.4, 0.5) is 16.4 Å². The highest BCUT2D eigenvalue weighted by Gasteiger charge is 2.14. The minimum atomic E-state index is -1.15. The summed E-state index contributed by atoms with van der Waals surface area (Å²) < 4.78 is 0.635. The van der Waals surface area contributed by atoms with Crippen LogP contribution in [-0.2, 0) is 7.05 Å². The van der Waals surface area contributed by atoms with Gasteiger partial charge < -0.3 is 10.4 Å². The second-order valence-corrected chi connectivity index (χ2v) is 4.59. The third-order valence-electron chi connectivity index (χ3n) is 2.19. The van der Waals surface area contributed by atoms with Gasteiger partial charge in [0.1, 0.15) is 0 Å². The number of hydrogen-bond acceptors (Lipinski definition) is 5. The first-order valence-electron chi connectivity index (χ1n) is 5.30. The molecule has 1 aromatic carbocycles. The smallest absolute Gasteiger partial charge is 0.337 e. The Labute approximate surface area is 121 Å². The maximum Gasteiger partial charge on any atom is 0.337 e. The largest absolute Gasteiger partial charge is 0.478 e. The number of anilines is 2. The van der Waals surface area contributed by atoms with Crippen LogP contribution in [0.1, 0.15) is 10.4 Å². The molecule has 10 heteroatoms. The van der Waals surface area contributed by atoms with Gasteiger partial charge in [0.15, 0.2) is 0 Å². The van der Waals surface area contributed by atoms with Gasteiger partial charge in [-0.3, -0.25) is 5.32 Å². The lowest BCUT2D eigenvalue weighted by Crippen LogP contribution is -2.21. The van der Waals surface area contributed by atoms with Crippen molar-refractivity contribution in [2.24, 2.45) is 7.05 Å². The Morgan fingerprint density at radius 1 is 1.35 bits per heavy atom. The summed E-state index contributed by atoms with van der Waals surface area (Å²) in [5.41, 5.74) is 0.115. The van der Waals surface area contributed by atoms with Crippen LogP contribution in [0.3, 0.4) is 0 Å². The molecule has 2 rings (SSSR count). The number of carboxylic acids is 1. The summed E-state index contributed by atoms with van der Waals surface area (Å²) in [5.74, 6) is -1.14. The molecule has 0 radical (unpaired) electrons. The molecular formula is C10H9BrN6O3. The van der Waals surface area contributed by atoms with Crippen molar-refractivity contribution >= 4 is 39.6 Å². The zero-order chi connectivity index (χ0) is 14.7. The summed E-state index contributed by atoms with van der Waals surface area (Å²) in [6.07, 6.45) is 0. The standard InChI is InChI=1S/C10H9BrN6O3/c1-17-15-9(14-16-17)13-10(20)12-7-4-5(11)2-3-6(7)8(18)19/h2-4H,1H3,(H,18,19)(H2,12,13,15,20). The number of nitrogens with zero attached hydrogens (tertiary/aromatic N) is 4. The van der Waals surface area contributed by atoms with E-state index in [1.165, 1.54) is 16.9 Å². The number of urea groups is 1. The Bertz CT molecular complexity index is 671. The molecule has 2 aromatic rings. The fourth-order valence-corrected chi connectivity index (χ4v) is 1.76. The molecule has 104 valence electrons. The number of rotatable bonds is 3. The van der Waals surface area contributed by atoms with Crippen molar-refractivity contribution in [3.8, 4) is 0 Å². The van der Waals surface area contributed by atoms with E-state index in [2.05, 4.69) is 42.0 Å². The third-order valence-corrected chi connectivity index (χ3v) is 2.69. The van der Waals surface area contributed by atoms with Gasteiger partial charge >= 0.3 is 12.0 Å². The molecule has 0 spiro atoms. The first kappa shape index (κ1) is 13.9. The number of benzene rings is 1. The highest BCUT2D eigenvalue weighted by Crippen LogP contribution is 2.21. The summed E-state index contributed by atoms with van der Waals surface area (Å²) in [4.78, 5) is 24.0. The maximum absolute atomic E-state index is 11.7. The molecule has 0 aliphatic carbocycles. The van der Waals surface area contributed by atoms with Crippen molar-refractivity contribution in [1.29, 1.82) is 0 Å². The Morgan fingerprint density at radius 3 is 2.70 bits per heavy atom. The van der Waals surface area contributed by atoms with Gasteiger partial charge in [-0.1, -0.05) is 21.0 Å². The molecular weight excluding hydrogens is 332 g/mol. The quantitative estimate of drug-likeness (QED) is 0.774. The molecule has 9 nitrogen and oxygen atoms in total. The van der Waals surface area contributed by atoms with E-state index in [1.807, 2.05) is 0 Å². The number of carbonyl (C=O) groups is 2. The van der Waals surface area contributed by atoms with Crippen LogP contribution in [0.5, 0.6) is 0 Å². The van der Waals surface area contributed by atoms with Gasteiger partial charge in [-0.2, -0.15) is 4.80 Å². The van der Waals surface area contributed by atoms with E-state index < -0.39 is 12.0 Å². The molecule has 3 N–H and O–H groups in total. The number of tetrazole rings is 1. The predicted octanol–water partition coefficient (Wildman–Crippen LogP) is 1.31. The zero-order valence-corrected chi connectivity index (χ0v) is 11.7. The number of aromatic carboxylic acids is 1. The van der Waals surface area contributed by atoms with Crippen molar-refractivity contribution in [2.75, 3.05) is 10.6 Å². The van der Waals surface area contributed by atoms with Gasteiger partial charge in [0.25, 0.3) is 5.95 Å². The Balaban J connectivity index is 2.15. The molecule has 2 amide bonds. The van der Waals surface area contributed by atoms with Gasteiger partial charge in [-0.15, -0.1) is 5.10 Å². The lowest BCUT2D eigenvalue weighted by atomic mass is 10.2. The van der Waals surface area contributed by atoms with Crippen LogP contribution in [-0.4, -0.2) is 37.3 Å². The number of halogens is 1. The molecule has 0 unspecified atom stereocenters. The topological polar surface area (TPSA) is 122 Å². The summed E-state index contributed by atoms with van der Waals surface area (Å²) in [6.45, 7) is 0. The maximum atomic E-state index is 11.7. The number of nitrogens with one attached hydrogen (secondary N) is 2. The van der Waals surface area contributed by atoms with Crippen molar-refractivity contribution in [2.45, 2.75) is 0 Å². The molecule has 0 fully saturated rings. The van der Waals surface area contributed by atoms with Gasteiger partial charge in [0.2, 0.25) is 0 Å².